The molecule has 1 aromatic carbocycles. The van der Waals surface area contributed by atoms with Crippen LogP contribution in [-0.2, 0) is 0 Å². The molecule has 1 atom stereocenters. The predicted molar refractivity (Wildman–Crippen MR) is 46.2 cm³/mol. The van der Waals surface area contributed by atoms with Gasteiger partial charge in [0.1, 0.15) is 0 Å². The van der Waals surface area contributed by atoms with Crippen molar-refractivity contribution in [3.8, 4) is 6.07 Å². The SMILES string of the molecule is N#C/C=C/C(O)c1ccccc1. The summed E-state index contributed by atoms with van der Waals surface area (Å²) < 4.78 is 0. The summed E-state index contributed by atoms with van der Waals surface area (Å²) in [4.78, 5) is 0. The number of aliphatic hydroxyl groups is 1. The van der Waals surface area contributed by atoms with E-state index in [9.17, 15) is 5.11 Å². The summed E-state index contributed by atoms with van der Waals surface area (Å²) >= 11 is 0. The van der Waals surface area contributed by atoms with Gasteiger partial charge in [-0.3, -0.25) is 0 Å². The Morgan fingerprint density at radius 3 is 2.58 bits per heavy atom. The van der Waals surface area contributed by atoms with Gasteiger partial charge in [0.05, 0.1) is 12.2 Å². The van der Waals surface area contributed by atoms with Gasteiger partial charge < -0.3 is 5.11 Å². The molecule has 0 heterocycles. The molecule has 0 aliphatic rings. The quantitative estimate of drug-likeness (QED) is 0.668. The van der Waals surface area contributed by atoms with Gasteiger partial charge in [-0.2, -0.15) is 5.26 Å². The maximum atomic E-state index is 9.41. The number of benzene rings is 1. The van der Waals surface area contributed by atoms with Crippen molar-refractivity contribution in [3.63, 3.8) is 0 Å². The van der Waals surface area contributed by atoms with E-state index in [1.165, 1.54) is 12.2 Å². The molecule has 0 aliphatic carbocycles. The normalized spacial score (nSPS) is 12.7. The molecule has 1 unspecified atom stereocenters. The fourth-order valence-electron chi connectivity index (χ4n) is 0.896. The van der Waals surface area contributed by atoms with Gasteiger partial charge in [0.25, 0.3) is 0 Å². The molecular weight excluding hydrogens is 150 g/mol. The highest BCUT2D eigenvalue weighted by atomic mass is 16.3. The Hall–Kier alpha value is -1.59. The summed E-state index contributed by atoms with van der Waals surface area (Å²) in [5, 5.41) is 17.6. The predicted octanol–water partition coefficient (Wildman–Crippen LogP) is 1.80. The van der Waals surface area contributed by atoms with Crippen LogP contribution in [0.25, 0.3) is 0 Å². The second-order valence-corrected chi connectivity index (χ2v) is 2.34. The maximum absolute atomic E-state index is 9.41. The Kier molecular flexibility index (Phi) is 3.06. The lowest BCUT2D eigenvalue weighted by atomic mass is 10.1. The zero-order chi connectivity index (χ0) is 8.81. The molecule has 0 saturated carbocycles. The van der Waals surface area contributed by atoms with Crippen LogP contribution in [0.4, 0.5) is 0 Å². The van der Waals surface area contributed by atoms with E-state index in [4.69, 9.17) is 5.26 Å². The highest BCUT2D eigenvalue weighted by molar-refractivity contribution is 5.22. The van der Waals surface area contributed by atoms with E-state index in [1.54, 1.807) is 0 Å². The Bertz CT molecular complexity index is 297. The number of nitrogens with zero attached hydrogens (tertiary/aromatic N) is 1. The summed E-state index contributed by atoms with van der Waals surface area (Å²) in [6.45, 7) is 0. The summed E-state index contributed by atoms with van der Waals surface area (Å²) in [5.41, 5.74) is 0.795. The molecule has 0 bridgehead atoms. The van der Waals surface area contributed by atoms with Crippen molar-refractivity contribution in [2.24, 2.45) is 0 Å². The lowest BCUT2D eigenvalue weighted by molar-refractivity contribution is 0.228. The number of hydrogen-bond acceptors (Lipinski definition) is 2. The van der Waals surface area contributed by atoms with Crippen molar-refractivity contribution in [2.75, 3.05) is 0 Å². The average Bonchev–Trinajstić information content (AvgIpc) is 2.15. The molecule has 2 nitrogen and oxygen atoms in total. The first-order chi connectivity index (χ1) is 5.84. The first-order valence-corrected chi connectivity index (χ1v) is 3.64. The maximum Gasteiger partial charge on any atom is 0.0981 e. The molecule has 0 amide bonds. The zero-order valence-corrected chi connectivity index (χ0v) is 6.51. The first-order valence-electron chi connectivity index (χ1n) is 3.64. The van der Waals surface area contributed by atoms with Gasteiger partial charge in [-0.15, -0.1) is 0 Å². The van der Waals surface area contributed by atoms with Gasteiger partial charge in [-0.25, -0.2) is 0 Å². The third-order valence-electron chi connectivity index (χ3n) is 1.49. The Balaban J connectivity index is 2.73. The van der Waals surface area contributed by atoms with E-state index in [1.807, 2.05) is 36.4 Å². The van der Waals surface area contributed by atoms with Crippen LogP contribution in [0.15, 0.2) is 42.5 Å². The molecule has 0 radical (unpaired) electrons. The fourth-order valence-corrected chi connectivity index (χ4v) is 0.896. The van der Waals surface area contributed by atoms with Crippen molar-refractivity contribution in [1.29, 1.82) is 5.26 Å². The summed E-state index contributed by atoms with van der Waals surface area (Å²) in [6, 6.07) is 11.0. The topological polar surface area (TPSA) is 44.0 Å². The Morgan fingerprint density at radius 2 is 2.00 bits per heavy atom. The zero-order valence-electron chi connectivity index (χ0n) is 6.51. The van der Waals surface area contributed by atoms with Crippen molar-refractivity contribution in [3.05, 3.63) is 48.0 Å². The van der Waals surface area contributed by atoms with Crippen LogP contribution in [0.2, 0.25) is 0 Å². The molecule has 1 rings (SSSR count). The molecule has 1 aromatic rings. The van der Waals surface area contributed by atoms with Crippen LogP contribution >= 0.6 is 0 Å². The van der Waals surface area contributed by atoms with Gasteiger partial charge in [-0.05, 0) is 11.6 Å². The van der Waals surface area contributed by atoms with Gasteiger partial charge in [0, 0.05) is 6.08 Å². The molecule has 12 heavy (non-hydrogen) atoms. The number of rotatable bonds is 2. The standard InChI is InChI=1S/C10H9NO/c11-8-4-7-10(12)9-5-2-1-3-6-9/h1-7,10,12H/b7-4+. The second-order valence-electron chi connectivity index (χ2n) is 2.34. The molecule has 0 aromatic heterocycles. The summed E-state index contributed by atoms with van der Waals surface area (Å²) in [7, 11) is 0. The molecule has 0 spiro atoms. The fraction of sp³-hybridized carbons (Fsp3) is 0.100. The largest absolute Gasteiger partial charge is 0.384 e. The van der Waals surface area contributed by atoms with Crippen LogP contribution in [-0.4, -0.2) is 5.11 Å². The molecule has 0 aliphatic heterocycles. The van der Waals surface area contributed by atoms with E-state index in [0.29, 0.717) is 0 Å². The van der Waals surface area contributed by atoms with Crippen LogP contribution in [0.3, 0.4) is 0 Å². The van der Waals surface area contributed by atoms with Gasteiger partial charge in [0.15, 0.2) is 0 Å². The minimum Gasteiger partial charge on any atom is -0.384 e. The highest BCUT2D eigenvalue weighted by Crippen LogP contribution is 2.12. The number of hydrogen-bond donors (Lipinski definition) is 1. The molecule has 0 fully saturated rings. The third kappa shape index (κ3) is 2.22. The summed E-state index contributed by atoms with van der Waals surface area (Å²) in [6.07, 6.45) is 2.05. The lowest BCUT2D eigenvalue weighted by Crippen LogP contribution is -1.91. The van der Waals surface area contributed by atoms with E-state index < -0.39 is 6.10 Å². The van der Waals surface area contributed by atoms with E-state index in [-0.39, 0.29) is 0 Å². The minimum absolute atomic E-state index is 0.675. The van der Waals surface area contributed by atoms with E-state index in [2.05, 4.69) is 0 Å². The monoisotopic (exact) mass is 159 g/mol. The van der Waals surface area contributed by atoms with Crippen LogP contribution < -0.4 is 0 Å². The molecular formula is C10H9NO. The highest BCUT2D eigenvalue weighted by Gasteiger charge is 1.99. The summed E-state index contributed by atoms with van der Waals surface area (Å²) in [5.74, 6) is 0. The smallest absolute Gasteiger partial charge is 0.0981 e. The van der Waals surface area contributed by atoms with Gasteiger partial charge in [-0.1, -0.05) is 30.3 Å². The third-order valence-corrected chi connectivity index (χ3v) is 1.49. The first kappa shape index (κ1) is 8.51. The number of aliphatic hydroxyl groups excluding tert-OH is 1. The Morgan fingerprint density at radius 1 is 1.33 bits per heavy atom. The minimum atomic E-state index is -0.675. The Labute approximate surface area is 71.4 Å². The lowest BCUT2D eigenvalue weighted by Gasteiger charge is -2.03. The van der Waals surface area contributed by atoms with Gasteiger partial charge in [0.2, 0.25) is 0 Å². The van der Waals surface area contributed by atoms with Gasteiger partial charge >= 0.3 is 0 Å². The molecule has 60 valence electrons. The number of nitriles is 1. The molecule has 2 heteroatoms. The van der Waals surface area contributed by atoms with Crippen molar-refractivity contribution < 1.29 is 5.11 Å². The van der Waals surface area contributed by atoms with E-state index in [0.717, 1.165) is 5.56 Å². The van der Waals surface area contributed by atoms with Crippen LogP contribution in [0, 0.1) is 11.3 Å². The van der Waals surface area contributed by atoms with Crippen molar-refractivity contribution >= 4 is 0 Å². The number of allylic oxidation sites excluding steroid dienone is 1. The van der Waals surface area contributed by atoms with E-state index >= 15 is 0 Å². The van der Waals surface area contributed by atoms with Crippen LogP contribution in [0.5, 0.6) is 0 Å². The molecule has 0 saturated heterocycles. The molecule has 1 N–H and O–H groups in total. The average molecular weight is 159 g/mol. The second kappa shape index (κ2) is 4.32. The van der Waals surface area contributed by atoms with Crippen molar-refractivity contribution in [1.82, 2.24) is 0 Å². The van der Waals surface area contributed by atoms with Crippen molar-refractivity contribution in [2.45, 2.75) is 6.10 Å². The van der Waals surface area contributed by atoms with Crippen LogP contribution in [0.1, 0.15) is 11.7 Å².